The van der Waals surface area contributed by atoms with E-state index in [0.29, 0.717) is 24.2 Å². The van der Waals surface area contributed by atoms with Crippen molar-refractivity contribution in [1.82, 2.24) is 15.5 Å². The lowest BCUT2D eigenvalue weighted by atomic mass is 10.0. The molecule has 0 radical (unpaired) electrons. The van der Waals surface area contributed by atoms with Crippen molar-refractivity contribution in [1.29, 1.82) is 0 Å². The largest absolute Gasteiger partial charge is 0.394 e. The molecule has 1 aliphatic heterocycles. The summed E-state index contributed by atoms with van der Waals surface area (Å²) in [5.74, 6) is 1.62. The maximum absolute atomic E-state index is 9.53. The Morgan fingerprint density at radius 2 is 2.00 bits per heavy atom. The topological polar surface area (TPSA) is 80.4 Å². The van der Waals surface area contributed by atoms with Gasteiger partial charge in [0, 0.05) is 19.1 Å². The summed E-state index contributed by atoms with van der Waals surface area (Å²) in [5.41, 5.74) is 1.04. The summed E-state index contributed by atoms with van der Waals surface area (Å²) in [6.45, 7) is 1.99. The lowest BCUT2D eigenvalue weighted by Crippen LogP contribution is -2.24. The second-order valence-corrected chi connectivity index (χ2v) is 5.46. The first-order valence-electron chi connectivity index (χ1n) is 7.66. The molecule has 1 saturated heterocycles. The van der Waals surface area contributed by atoms with E-state index in [-0.39, 0.29) is 12.6 Å². The molecule has 2 heterocycles. The predicted molar refractivity (Wildman–Crippen MR) is 80.2 cm³/mol. The van der Waals surface area contributed by atoms with Gasteiger partial charge in [-0.15, -0.1) is 0 Å². The van der Waals surface area contributed by atoms with Crippen LogP contribution in [0.1, 0.15) is 42.1 Å². The number of ether oxygens (including phenoxy) is 1. The summed E-state index contributed by atoms with van der Waals surface area (Å²) in [7, 11) is 0. The zero-order chi connectivity index (χ0) is 15.2. The zero-order valence-electron chi connectivity index (χ0n) is 12.4. The number of aliphatic hydroxyl groups is 1. The Morgan fingerprint density at radius 1 is 1.23 bits per heavy atom. The third kappa shape index (κ3) is 3.71. The molecule has 0 bridgehead atoms. The zero-order valence-corrected chi connectivity index (χ0v) is 12.4. The molecule has 0 aliphatic carbocycles. The molecule has 0 amide bonds. The maximum atomic E-state index is 9.53. The highest BCUT2D eigenvalue weighted by Crippen LogP contribution is 2.25. The molecule has 1 fully saturated rings. The first-order chi connectivity index (χ1) is 10.9. The second kappa shape index (κ2) is 7.49. The van der Waals surface area contributed by atoms with E-state index in [1.807, 2.05) is 30.3 Å². The minimum Gasteiger partial charge on any atom is -0.394 e. The van der Waals surface area contributed by atoms with Crippen LogP contribution in [-0.4, -0.2) is 35.1 Å². The van der Waals surface area contributed by atoms with Crippen molar-refractivity contribution in [2.24, 2.45) is 0 Å². The van der Waals surface area contributed by atoms with E-state index in [1.54, 1.807) is 0 Å². The number of benzene rings is 1. The van der Waals surface area contributed by atoms with Gasteiger partial charge < -0.3 is 19.7 Å². The standard InChI is InChI=1S/C16H21N3O3/c20-11-14(12-4-2-1-3-5-12)17-10-15-18-16(22-19-15)13-6-8-21-9-7-13/h1-5,13-14,17,20H,6-11H2. The molecule has 2 aromatic rings. The maximum Gasteiger partial charge on any atom is 0.229 e. The lowest BCUT2D eigenvalue weighted by molar-refractivity contribution is 0.0778. The fraction of sp³-hybridized carbons (Fsp3) is 0.500. The third-order valence-electron chi connectivity index (χ3n) is 3.95. The SMILES string of the molecule is OCC(NCc1noc(C2CCOCC2)n1)c1ccccc1. The second-order valence-electron chi connectivity index (χ2n) is 5.46. The first kappa shape index (κ1) is 15.1. The monoisotopic (exact) mass is 303 g/mol. The van der Waals surface area contributed by atoms with Crippen LogP contribution in [0.15, 0.2) is 34.9 Å². The van der Waals surface area contributed by atoms with E-state index < -0.39 is 0 Å². The molecule has 3 rings (SSSR count). The summed E-state index contributed by atoms with van der Waals surface area (Å²) >= 11 is 0. The number of aliphatic hydroxyl groups excluding tert-OH is 1. The Labute approximate surface area is 129 Å². The van der Waals surface area contributed by atoms with E-state index in [0.717, 1.165) is 31.6 Å². The molecule has 6 nitrogen and oxygen atoms in total. The van der Waals surface area contributed by atoms with Gasteiger partial charge in [-0.05, 0) is 18.4 Å². The fourth-order valence-electron chi connectivity index (χ4n) is 2.64. The molecule has 1 aromatic heterocycles. The van der Waals surface area contributed by atoms with E-state index in [2.05, 4.69) is 15.5 Å². The molecule has 1 aromatic carbocycles. The average molecular weight is 303 g/mol. The number of rotatable bonds is 6. The molecule has 1 unspecified atom stereocenters. The van der Waals surface area contributed by atoms with E-state index in [4.69, 9.17) is 9.26 Å². The molecule has 1 atom stereocenters. The highest BCUT2D eigenvalue weighted by molar-refractivity contribution is 5.18. The van der Waals surface area contributed by atoms with Crippen LogP contribution in [0.25, 0.3) is 0 Å². The quantitative estimate of drug-likeness (QED) is 0.847. The van der Waals surface area contributed by atoms with Crippen molar-refractivity contribution in [3.63, 3.8) is 0 Å². The molecular formula is C16H21N3O3. The normalized spacial score (nSPS) is 17.5. The van der Waals surface area contributed by atoms with Crippen LogP contribution in [0.3, 0.4) is 0 Å². The Morgan fingerprint density at radius 3 is 2.73 bits per heavy atom. The Balaban J connectivity index is 1.58. The summed E-state index contributed by atoms with van der Waals surface area (Å²) in [6.07, 6.45) is 1.86. The van der Waals surface area contributed by atoms with Gasteiger partial charge in [-0.2, -0.15) is 4.98 Å². The van der Waals surface area contributed by atoms with Gasteiger partial charge in [0.05, 0.1) is 19.2 Å². The number of hydrogen-bond acceptors (Lipinski definition) is 6. The molecule has 0 spiro atoms. The number of nitrogens with one attached hydrogen (secondary N) is 1. The predicted octanol–water partition coefficient (Wildman–Crippen LogP) is 1.79. The average Bonchev–Trinajstić information content (AvgIpc) is 3.06. The molecule has 0 saturated carbocycles. The van der Waals surface area contributed by atoms with Crippen molar-refractivity contribution < 1.29 is 14.4 Å². The lowest BCUT2D eigenvalue weighted by Gasteiger charge is -2.18. The molecule has 118 valence electrons. The summed E-state index contributed by atoms with van der Waals surface area (Å²) in [6, 6.07) is 9.70. The van der Waals surface area contributed by atoms with Crippen LogP contribution in [0.5, 0.6) is 0 Å². The minimum atomic E-state index is -0.133. The van der Waals surface area contributed by atoms with Crippen LogP contribution >= 0.6 is 0 Å². The van der Waals surface area contributed by atoms with Crippen LogP contribution < -0.4 is 5.32 Å². The summed E-state index contributed by atoms with van der Waals surface area (Å²) in [5, 5.41) is 16.8. The molecular weight excluding hydrogens is 282 g/mol. The van der Waals surface area contributed by atoms with Gasteiger partial charge in [-0.3, -0.25) is 0 Å². The van der Waals surface area contributed by atoms with E-state index in [9.17, 15) is 5.11 Å². The van der Waals surface area contributed by atoms with Gasteiger partial charge in [0.15, 0.2) is 5.82 Å². The smallest absolute Gasteiger partial charge is 0.229 e. The van der Waals surface area contributed by atoms with Crippen LogP contribution in [-0.2, 0) is 11.3 Å². The summed E-state index contributed by atoms with van der Waals surface area (Å²) < 4.78 is 10.7. The van der Waals surface area contributed by atoms with Crippen LogP contribution in [0.4, 0.5) is 0 Å². The van der Waals surface area contributed by atoms with Gasteiger partial charge in [0.1, 0.15) is 0 Å². The number of nitrogens with zero attached hydrogens (tertiary/aromatic N) is 2. The highest BCUT2D eigenvalue weighted by Gasteiger charge is 2.22. The number of aromatic nitrogens is 2. The minimum absolute atomic E-state index is 0.0225. The van der Waals surface area contributed by atoms with Gasteiger partial charge in [-0.1, -0.05) is 35.5 Å². The Bertz CT molecular complexity index is 567. The van der Waals surface area contributed by atoms with Crippen LogP contribution in [0.2, 0.25) is 0 Å². The molecule has 6 heteroatoms. The Kier molecular flexibility index (Phi) is 5.15. The van der Waals surface area contributed by atoms with Gasteiger partial charge in [0.2, 0.25) is 5.89 Å². The van der Waals surface area contributed by atoms with Gasteiger partial charge >= 0.3 is 0 Å². The Hall–Kier alpha value is -1.76. The third-order valence-corrected chi connectivity index (χ3v) is 3.95. The first-order valence-corrected chi connectivity index (χ1v) is 7.66. The molecule has 22 heavy (non-hydrogen) atoms. The summed E-state index contributed by atoms with van der Waals surface area (Å²) in [4.78, 5) is 4.46. The van der Waals surface area contributed by atoms with Gasteiger partial charge in [-0.25, -0.2) is 0 Å². The van der Waals surface area contributed by atoms with Crippen molar-refractivity contribution in [3.8, 4) is 0 Å². The van der Waals surface area contributed by atoms with Crippen molar-refractivity contribution in [2.45, 2.75) is 31.3 Å². The van der Waals surface area contributed by atoms with Crippen molar-refractivity contribution in [2.75, 3.05) is 19.8 Å². The van der Waals surface area contributed by atoms with E-state index in [1.165, 1.54) is 0 Å². The molecule has 2 N–H and O–H groups in total. The van der Waals surface area contributed by atoms with Gasteiger partial charge in [0.25, 0.3) is 0 Å². The van der Waals surface area contributed by atoms with Crippen LogP contribution in [0, 0.1) is 0 Å². The highest BCUT2D eigenvalue weighted by atomic mass is 16.5. The van der Waals surface area contributed by atoms with E-state index >= 15 is 0 Å². The van der Waals surface area contributed by atoms with Crippen molar-refractivity contribution >= 4 is 0 Å². The number of hydrogen-bond donors (Lipinski definition) is 2. The molecule has 1 aliphatic rings. The fourth-order valence-corrected chi connectivity index (χ4v) is 2.64. The van der Waals surface area contributed by atoms with Crippen molar-refractivity contribution in [3.05, 3.63) is 47.6 Å².